The van der Waals surface area contributed by atoms with Crippen molar-refractivity contribution in [2.75, 3.05) is 0 Å². The van der Waals surface area contributed by atoms with Gasteiger partial charge in [0.05, 0.1) is 0 Å². The molecule has 0 saturated carbocycles. The molecule has 0 bridgehead atoms. The second-order valence-electron chi connectivity index (χ2n) is 2.96. The van der Waals surface area contributed by atoms with Gasteiger partial charge in [0.25, 0.3) is 0 Å². The third-order valence-corrected chi connectivity index (χ3v) is 2.03. The molecule has 0 aliphatic heterocycles. The minimum atomic E-state index is 0.434. The number of hydrogen-bond acceptors (Lipinski definition) is 3. The molecular weight excluding hydrogens is 190 g/mol. The SMILES string of the molecule is N#Cc1cc(C=O)cn1-c1ccncc1. The van der Waals surface area contributed by atoms with E-state index in [2.05, 4.69) is 4.98 Å². The van der Waals surface area contributed by atoms with Gasteiger partial charge in [-0.2, -0.15) is 5.26 Å². The highest BCUT2D eigenvalue weighted by molar-refractivity contribution is 5.75. The molecule has 2 rings (SSSR count). The van der Waals surface area contributed by atoms with Crippen molar-refractivity contribution in [3.05, 3.63) is 48.0 Å². The molecule has 72 valence electrons. The van der Waals surface area contributed by atoms with Crippen molar-refractivity contribution in [2.24, 2.45) is 0 Å². The Labute approximate surface area is 86.4 Å². The van der Waals surface area contributed by atoms with Crippen LogP contribution in [-0.4, -0.2) is 15.8 Å². The largest absolute Gasteiger partial charge is 0.307 e. The molecule has 0 radical (unpaired) electrons. The number of nitrogens with zero attached hydrogens (tertiary/aromatic N) is 3. The van der Waals surface area contributed by atoms with E-state index >= 15 is 0 Å². The van der Waals surface area contributed by atoms with Crippen molar-refractivity contribution < 1.29 is 4.79 Å². The van der Waals surface area contributed by atoms with Crippen molar-refractivity contribution in [3.8, 4) is 11.8 Å². The van der Waals surface area contributed by atoms with Gasteiger partial charge >= 0.3 is 0 Å². The average Bonchev–Trinajstić information content (AvgIpc) is 2.73. The first-order valence-electron chi connectivity index (χ1n) is 4.33. The highest BCUT2D eigenvalue weighted by Gasteiger charge is 2.05. The molecule has 0 aliphatic rings. The fourth-order valence-electron chi connectivity index (χ4n) is 1.35. The topological polar surface area (TPSA) is 58.7 Å². The molecule has 0 amide bonds. The summed E-state index contributed by atoms with van der Waals surface area (Å²) in [6, 6.07) is 7.13. The summed E-state index contributed by atoms with van der Waals surface area (Å²) in [6.45, 7) is 0. The van der Waals surface area contributed by atoms with Crippen LogP contribution in [-0.2, 0) is 0 Å². The van der Waals surface area contributed by atoms with Gasteiger partial charge in [0.15, 0.2) is 6.29 Å². The zero-order chi connectivity index (χ0) is 10.7. The van der Waals surface area contributed by atoms with Gasteiger partial charge in [-0.3, -0.25) is 9.78 Å². The Balaban J connectivity index is 2.58. The first-order valence-corrected chi connectivity index (χ1v) is 4.33. The van der Waals surface area contributed by atoms with E-state index in [0.717, 1.165) is 12.0 Å². The summed E-state index contributed by atoms with van der Waals surface area (Å²) in [5.74, 6) is 0. The lowest BCUT2D eigenvalue weighted by molar-refractivity contribution is 0.112. The zero-order valence-electron chi connectivity index (χ0n) is 7.79. The van der Waals surface area contributed by atoms with Crippen LogP contribution in [0.5, 0.6) is 0 Å². The molecule has 0 spiro atoms. The number of rotatable bonds is 2. The summed E-state index contributed by atoms with van der Waals surface area (Å²) in [7, 11) is 0. The van der Waals surface area contributed by atoms with Gasteiger partial charge < -0.3 is 4.57 Å². The van der Waals surface area contributed by atoms with Gasteiger partial charge in [-0.25, -0.2) is 0 Å². The highest BCUT2D eigenvalue weighted by atomic mass is 16.1. The van der Waals surface area contributed by atoms with E-state index in [-0.39, 0.29) is 0 Å². The lowest BCUT2D eigenvalue weighted by Crippen LogP contribution is -1.94. The van der Waals surface area contributed by atoms with Crippen molar-refractivity contribution in [1.29, 1.82) is 5.26 Å². The summed E-state index contributed by atoms with van der Waals surface area (Å²) in [6.07, 6.45) is 5.62. The number of aldehydes is 1. The maximum absolute atomic E-state index is 10.6. The Morgan fingerprint density at radius 2 is 2.13 bits per heavy atom. The van der Waals surface area contributed by atoms with Crippen LogP contribution in [0.2, 0.25) is 0 Å². The number of aromatic nitrogens is 2. The van der Waals surface area contributed by atoms with Gasteiger partial charge in [0, 0.05) is 29.8 Å². The standard InChI is InChI=1S/C11H7N3O/c12-6-11-5-9(8-15)7-14(11)10-1-3-13-4-2-10/h1-5,7-8H. The smallest absolute Gasteiger partial charge is 0.151 e. The minimum absolute atomic E-state index is 0.434. The summed E-state index contributed by atoms with van der Waals surface area (Å²) >= 11 is 0. The maximum atomic E-state index is 10.6. The van der Waals surface area contributed by atoms with Crippen LogP contribution in [0.25, 0.3) is 5.69 Å². The van der Waals surface area contributed by atoms with Crippen molar-refractivity contribution >= 4 is 6.29 Å². The zero-order valence-corrected chi connectivity index (χ0v) is 7.79. The van der Waals surface area contributed by atoms with Crippen molar-refractivity contribution in [3.63, 3.8) is 0 Å². The summed E-state index contributed by atoms with van der Waals surface area (Å²) in [4.78, 5) is 14.5. The predicted octanol–water partition coefficient (Wildman–Crippen LogP) is 1.56. The average molecular weight is 197 g/mol. The van der Waals surface area contributed by atoms with Gasteiger partial charge in [0.2, 0.25) is 0 Å². The third kappa shape index (κ3) is 1.63. The molecule has 0 unspecified atom stereocenters. The van der Waals surface area contributed by atoms with Crippen LogP contribution in [0.15, 0.2) is 36.8 Å². The molecule has 0 fully saturated rings. The Hall–Kier alpha value is -2.41. The van der Waals surface area contributed by atoms with Gasteiger partial charge in [-0.05, 0) is 18.2 Å². The van der Waals surface area contributed by atoms with Crippen LogP contribution < -0.4 is 0 Å². The second-order valence-corrected chi connectivity index (χ2v) is 2.96. The fourth-order valence-corrected chi connectivity index (χ4v) is 1.35. The molecular formula is C11H7N3O. The van der Waals surface area contributed by atoms with Crippen LogP contribution in [0.3, 0.4) is 0 Å². The summed E-state index contributed by atoms with van der Waals surface area (Å²) < 4.78 is 1.66. The van der Waals surface area contributed by atoms with Gasteiger partial charge in [-0.1, -0.05) is 0 Å². The van der Waals surface area contributed by atoms with Crippen LogP contribution in [0.4, 0.5) is 0 Å². The molecule has 2 aromatic rings. The van der Waals surface area contributed by atoms with Gasteiger partial charge in [-0.15, -0.1) is 0 Å². The summed E-state index contributed by atoms with van der Waals surface area (Å²) in [5, 5.41) is 8.89. The molecule has 2 aromatic heterocycles. The molecule has 4 heteroatoms. The highest BCUT2D eigenvalue weighted by Crippen LogP contribution is 2.13. The molecule has 0 N–H and O–H groups in total. The Morgan fingerprint density at radius 3 is 2.73 bits per heavy atom. The fraction of sp³-hybridized carbons (Fsp3) is 0. The molecule has 0 aromatic carbocycles. The minimum Gasteiger partial charge on any atom is -0.307 e. The second kappa shape index (κ2) is 3.76. The Kier molecular flexibility index (Phi) is 2.30. The predicted molar refractivity (Wildman–Crippen MR) is 53.7 cm³/mol. The first kappa shape index (κ1) is 9.16. The van der Waals surface area contributed by atoms with E-state index in [0.29, 0.717) is 11.3 Å². The van der Waals surface area contributed by atoms with E-state index in [9.17, 15) is 4.79 Å². The number of nitriles is 1. The van der Waals surface area contributed by atoms with E-state index < -0.39 is 0 Å². The van der Waals surface area contributed by atoms with E-state index in [1.165, 1.54) is 0 Å². The van der Waals surface area contributed by atoms with E-state index in [1.54, 1.807) is 41.4 Å². The number of hydrogen-bond donors (Lipinski definition) is 0. The Bertz CT molecular complexity index is 523. The molecule has 4 nitrogen and oxygen atoms in total. The first-order chi connectivity index (χ1) is 7.35. The maximum Gasteiger partial charge on any atom is 0.151 e. The lowest BCUT2D eigenvalue weighted by atomic mass is 10.3. The monoisotopic (exact) mass is 197 g/mol. The molecule has 15 heavy (non-hydrogen) atoms. The van der Waals surface area contributed by atoms with E-state index in [1.807, 2.05) is 6.07 Å². The van der Waals surface area contributed by atoms with E-state index in [4.69, 9.17) is 5.26 Å². The van der Waals surface area contributed by atoms with Crippen LogP contribution in [0, 0.1) is 11.3 Å². The molecule has 0 saturated heterocycles. The third-order valence-electron chi connectivity index (χ3n) is 2.03. The quantitative estimate of drug-likeness (QED) is 0.686. The van der Waals surface area contributed by atoms with Crippen LogP contribution >= 0.6 is 0 Å². The Morgan fingerprint density at radius 1 is 1.40 bits per heavy atom. The molecule has 0 atom stereocenters. The number of pyridine rings is 1. The van der Waals surface area contributed by atoms with Crippen LogP contribution in [0.1, 0.15) is 16.1 Å². The molecule has 0 aliphatic carbocycles. The van der Waals surface area contributed by atoms with Gasteiger partial charge in [0.1, 0.15) is 11.8 Å². The number of carbonyl (C=O) groups is 1. The number of carbonyl (C=O) groups excluding carboxylic acids is 1. The lowest BCUT2D eigenvalue weighted by Gasteiger charge is -2.02. The summed E-state index contributed by atoms with van der Waals surface area (Å²) in [5.41, 5.74) is 1.74. The normalized spacial score (nSPS) is 9.53. The van der Waals surface area contributed by atoms with Crippen molar-refractivity contribution in [2.45, 2.75) is 0 Å². The van der Waals surface area contributed by atoms with Crippen molar-refractivity contribution in [1.82, 2.24) is 9.55 Å². The molecule has 2 heterocycles.